The van der Waals surface area contributed by atoms with Crippen molar-refractivity contribution in [3.63, 3.8) is 0 Å². The summed E-state index contributed by atoms with van der Waals surface area (Å²) in [6, 6.07) is 20.1. The molecule has 4 rings (SSSR count). The van der Waals surface area contributed by atoms with Crippen LogP contribution in [-0.4, -0.2) is 40.7 Å². The predicted molar refractivity (Wildman–Crippen MR) is 109 cm³/mol. The summed E-state index contributed by atoms with van der Waals surface area (Å²) in [6.45, 7) is 1.41. The van der Waals surface area contributed by atoms with Gasteiger partial charge in [0.15, 0.2) is 0 Å². The van der Waals surface area contributed by atoms with Crippen LogP contribution < -0.4 is 4.74 Å². The highest BCUT2D eigenvalue weighted by molar-refractivity contribution is 7.99. The fourth-order valence-electron chi connectivity index (χ4n) is 3.33. The van der Waals surface area contributed by atoms with Crippen molar-refractivity contribution >= 4 is 28.6 Å². The number of fused-ring (bicyclic) bond motifs is 1. The normalized spacial score (nSPS) is 16.6. The molecule has 0 N–H and O–H groups in total. The molecule has 1 aliphatic rings. The van der Waals surface area contributed by atoms with Crippen molar-refractivity contribution in [2.75, 3.05) is 18.8 Å². The van der Waals surface area contributed by atoms with Crippen molar-refractivity contribution in [3.8, 4) is 5.75 Å². The molecule has 1 aromatic heterocycles. The Bertz CT molecular complexity index is 911. The van der Waals surface area contributed by atoms with E-state index in [1.54, 1.807) is 18.0 Å². The molecule has 1 aliphatic heterocycles. The first-order valence-corrected chi connectivity index (χ1v) is 10.2. The molecular formula is C22H22N2O2S. The fourth-order valence-corrected chi connectivity index (χ4v) is 4.19. The van der Waals surface area contributed by atoms with Gasteiger partial charge in [0.05, 0.1) is 6.54 Å². The summed E-state index contributed by atoms with van der Waals surface area (Å²) in [5.74, 6) is 1.81. The SMILES string of the molecule is O=C(CCSc1ccccc1)N1CCC(Oc2cccc3cccnc23)C1. The minimum Gasteiger partial charge on any atom is -0.486 e. The average molecular weight is 378 g/mol. The Morgan fingerprint density at radius 2 is 1.96 bits per heavy atom. The number of thioether (sulfide) groups is 1. The number of amides is 1. The summed E-state index contributed by atoms with van der Waals surface area (Å²) in [5, 5.41) is 1.07. The van der Waals surface area contributed by atoms with E-state index in [-0.39, 0.29) is 12.0 Å². The molecule has 27 heavy (non-hydrogen) atoms. The van der Waals surface area contributed by atoms with E-state index in [1.165, 1.54) is 4.90 Å². The van der Waals surface area contributed by atoms with Crippen molar-refractivity contribution < 1.29 is 9.53 Å². The van der Waals surface area contributed by atoms with Gasteiger partial charge in [-0.2, -0.15) is 0 Å². The maximum atomic E-state index is 12.5. The Kier molecular flexibility index (Phi) is 5.58. The van der Waals surface area contributed by atoms with E-state index in [0.29, 0.717) is 13.0 Å². The van der Waals surface area contributed by atoms with Crippen LogP contribution in [0.1, 0.15) is 12.8 Å². The second kappa shape index (κ2) is 8.44. The number of para-hydroxylation sites is 1. The van der Waals surface area contributed by atoms with Crippen LogP contribution in [-0.2, 0) is 4.79 Å². The molecule has 1 unspecified atom stereocenters. The van der Waals surface area contributed by atoms with E-state index in [4.69, 9.17) is 4.74 Å². The van der Waals surface area contributed by atoms with Crippen LogP contribution in [0.25, 0.3) is 10.9 Å². The Balaban J connectivity index is 1.30. The van der Waals surface area contributed by atoms with Gasteiger partial charge in [-0.3, -0.25) is 9.78 Å². The molecule has 4 nitrogen and oxygen atoms in total. The maximum Gasteiger partial charge on any atom is 0.223 e. The number of carbonyl (C=O) groups excluding carboxylic acids is 1. The second-order valence-corrected chi connectivity index (χ2v) is 7.78. The van der Waals surface area contributed by atoms with Gasteiger partial charge in [0.2, 0.25) is 5.91 Å². The molecule has 0 radical (unpaired) electrons. The van der Waals surface area contributed by atoms with Crippen molar-refractivity contribution in [3.05, 3.63) is 66.9 Å². The van der Waals surface area contributed by atoms with E-state index in [0.717, 1.165) is 35.4 Å². The molecule has 2 aromatic carbocycles. The largest absolute Gasteiger partial charge is 0.486 e. The Morgan fingerprint density at radius 3 is 2.85 bits per heavy atom. The van der Waals surface area contributed by atoms with Crippen molar-refractivity contribution in [1.29, 1.82) is 0 Å². The Morgan fingerprint density at radius 1 is 1.11 bits per heavy atom. The van der Waals surface area contributed by atoms with Crippen molar-refractivity contribution in [2.24, 2.45) is 0 Å². The molecule has 0 saturated carbocycles. The third-order valence-electron chi connectivity index (χ3n) is 4.71. The fraction of sp³-hybridized carbons (Fsp3) is 0.273. The highest BCUT2D eigenvalue weighted by Gasteiger charge is 2.27. The van der Waals surface area contributed by atoms with Crippen LogP contribution in [0.3, 0.4) is 0 Å². The first kappa shape index (κ1) is 17.9. The Labute approximate surface area is 163 Å². The topological polar surface area (TPSA) is 42.4 Å². The molecule has 5 heteroatoms. The van der Waals surface area contributed by atoms with Crippen molar-refractivity contribution in [2.45, 2.75) is 23.8 Å². The molecule has 2 heterocycles. The summed E-state index contributed by atoms with van der Waals surface area (Å²) in [4.78, 5) is 20.1. The smallest absolute Gasteiger partial charge is 0.223 e. The summed E-state index contributed by atoms with van der Waals surface area (Å²) >= 11 is 1.73. The van der Waals surface area contributed by atoms with Gasteiger partial charge in [0.25, 0.3) is 0 Å². The zero-order chi connectivity index (χ0) is 18.5. The minimum absolute atomic E-state index is 0.0309. The van der Waals surface area contributed by atoms with Crippen molar-refractivity contribution in [1.82, 2.24) is 9.88 Å². The molecule has 0 aliphatic carbocycles. The van der Waals surface area contributed by atoms with Gasteiger partial charge in [0, 0.05) is 41.6 Å². The zero-order valence-corrected chi connectivity index (χ0v) is 15.9. The monoisotopic (exact) mass is 378 g/mol. The van der Waals surface area contributed by atoms with Gasteiger partial charge >= 0.3 is 0 Å². The van der Waals surface area contributed by atoms with Gasteiger partial charge in [-0.05, 0) is 24.3 Å². The van der Waals surface area contributed by atoms with Gasteiger partial charge in [-0.1, -0.05) is 36.4 Å². The summed E-state index contributed by atoms with van der Waals surface area (Å²) in [5.41, 5.74) is 0.879. The molecule has 1 fully saturated rings. The summed E-state index contributed by atoms with van der Waals surface area (Å²) in [6.07, 6.45) is 3.23. The second-order valence-electron chi connectivity index (χ2n) is 6.61. The van der Waals surface area contributed by atoms with Gasteiger partial charge in [-0.25, -0.2) is 0 Å². The molecule has 0 bridgehead atoms. The number of pyridine rings is 1. The van der Waals surface area contributed by atoms with Gasteiger partial charge < -0.3 is 9.64 Å². The highest BCUT2D eigenvalue weighted by Crippen LogP contribution is 2.26. The standard InChI is InChI=1S/C22H22N2O2S/c25-21(12-15-27-19-8-2-1-3-9-19)24-14-11-18(16-24)26-20-10-4-6-17-7-5-13-23-22(17)20/h1-10,13,18H,11-12,14-16H2. The lowest BCUT2D eigenvalue weighted by molar-refractivity contribution is -0.129. The number of aromatic nitrogens is 1. The van der Waals surface area contributed by atoms with Crippen LogP contribution >= 0.6 is 11.8 Å². The van der Waals surface area contributed by atoms with Gasteiger partial charge in [-0.15, -0.1) is 11.8 Å². The average Bonchev–Trinajstić information content (AvgIpc) is 3.18. The van der Waals surface area contributed by atoms with Crippen LogP contribution in [0.2, 0.25) is 0 Å². The number of carbonyl (C=O) groups is 1. The van der Waals surface area contributed by atoms with Crippen LogP contribution in [0.15, 0.2) is 71.8 Å². The third kappa shape index (κ3) is 4.42. The van der Waals surface area contributed by atoms with E-state index < -0.39 is 0 Å². The molecular weight excluding hydrogens is 356 g/mol. The van der Waals surface area contributed by atoms with Crippen LogP contribution in [0, 0.1) is 0 Å². The molecule has 1 saturated heterocycles. The number of likely N-dealkylation sites (tertiary alicyclic amines) is 1. The quantitative estimate of drug-likeness (QED) is 0.597. The first-order valence-electron chi connectivity index (χ1n) is 9.25. The minimum atomic E-state index is 0.0309. The molecule has 138 valence electrons. The highest BCUT2D eigenvalue weighted by atomic mass is 32.2. The van der Waals surface area contributed by atoms with Crippen LogP contribution in [0.4, 0.5) is 0 Å². The van der Waals surface area contributed by atoms with E-state index in [2.05, 4.69) is 17.1 Å². The summed E-state index contributed by atoms with van der Waals surface area (Å²) in [7, 11) is 0. The number of benzene rings is 2. The predicted octanol–water partition coefficient (Wildman–Crippen LogP) is 4.40. The lowest BCUT2D eigenvalue weighted by Gasteiger charge is -2.18. The number of hydrogen-bond donors (Lipinski definition) is 0. The number of nitrogens with zero attached hydrogens (tertiary/aromatic N) is 2. The van der Waals surface area contributed by atoms with Crippen LogP contribution in [0.5, 0.6) is 5.75 Å². The lowest BCUT2D eigenvalue weighted by atomic mass is 10.2. The third-order valence-corrected chi connectivity index (χ3v) is 5.73. The Hall–Kier alpha value is -2.53. The number of ether oxygens (including phenoxy) is 1. The first-order chi connectivity index (χ1) is 13.3. The molecule has 0 spiro atoms. The molecule has 1 atom stereocenters. The number of hydrogen-bond acceptors (Lipinski definition) is 4. The maximum absolute atomic E-state index is 12.5. The lowest BCUT2D eigenvalue weighted by Crippen LogP contribution is -2.31. The number of rotatable bonds is 6. The van der Waals surface area contributed by atoms with E-state index in [1.807, 2.05) is 53.4 Å². The molecule has 3 aromatic rings. The molecule has 1 amide bonds. The van der Waals surface area contributed by atoms with E-state index >= 15 is 0 Å². The van der Waals surface area contributed by atoms with Gasteiger partial charge in [0.1, 0.15) is 17.4 Å². The zero-order valence-electron chi connectivity index (χ0n) is 15.1. The summed E-state index contributed by atoms with van der Waals surface area (Å²) < 4.78 is 6.18. The van der Waals surface area contributed by atoms with E-state index in [9.17, 15) is 4.79 Å².